The zero-order valence-electron chi connectivity index (χ0n) is 18.7. The molecule has 2 aromatic carbocycles. The van der Waals surface area contributed by atoms with Gasteiger partial charge in [-0.3, -0.25) is 9.59 Å². The molecule has 0 unspecified atom stereocenters. The molecular weight excluding hydrogens is 416 g/mol. The number of para-hydroxylation sites is 1. The molecule has 1 aromatic heterocycles. The van der Waals surface area contributed by atoms with Crippen LogP contribution in [0.15, 0.2) is 72.9 Å². The Hall–Kier alpha value is -3.87. The maximum Gasteiger partial charge on any atom is 0.257 e. The molecule has 0 radical (unpaired) electrons. The third-order valence-electron chi connectivity index (χ3n) is 5.66. The zero-order valence-corrected chi connectivity index (χ0v) is 18.7. The molecule has 2 amide bonds. The van der Waals surface area contributed by atoms with Crippen molar-refractivity contribution in [3.8, 4) is 5.75 Å². The molecule has 0 saturated carbocycles. The van der Waals surface area contributed by atoms with Crippen LogP contribution in [0.25, 0.3) is 0 Å². The fourth-order valence-electron chi connectivity index (χ4n) is 3.90. The molecule has 0 bridgehead atoms. The van der Waals surface area contributed by atoms with Crippen LogP contribution < -0.4 is 15.4 Å². The number of carbonyl (C=O) groups is 2. The van der Waals surface area contributed by atoms with Gasteiger partial charge in [-0.05, 0) is 68.3 Å². The second kappa shape index (κ2) is 10.6. The Morgan fingerprint density at radius 3 is 2.39 bits per heavy atom. The number of carbonyl (C=O) groups excluding carboxylic acids is 2. The van der Waals surface area contributed by atoms with Crippen molar-refractivity contribution < 1.29 is 14.3 Å². The molecule has 4 rings (SSSR count). The number of benzene rings is 2. The molecule has 1 aliphatic rings. The number of hydrogen-bond donors (Lipinski definition) is 2. The van der Waals surface area contributed by atoms with E-state index in [-0.39, 0.29) is 17.7 Å². The van der Waals surface area contributed by atoms with Gasteiger partial charge in [0.15, 0.2) is 0 Å². The van der Waals surface area contributed by atoms with Gasteiger partial charge >= 0.3 is 0 Å². The number of ether oxygens (including phenoxy) is 1. The van der Waals surface area contributed by atoms with E-state index in [4.69, 9.17) is 4.74 Å². The minimum atomic E-state index is -0.107. The van der Waals surface area contributed by atoms with Gasteiger partial charge in [-0.1, -0.05) is 18.2 Å². The largest absolute Gasteiger partial charge is 0.494 e. The van der Waals surface area contributed by atoms with E-state index in [2.05, 4.69) is 15.6 Å². The Morgan fingerprint density at radius 1 is 0.970 bits per heavy atom. The van der Waals surface area contributed by atoms with Crippen LogP contribution >= 0.6 is 0 Å². The third-order valence-corrected chi connectivity index (χ3v) is 5.66. The summed E-state index contributed by atoms with van der Waals surface area (Å²) >= 11 is 0. The van der Waals surface area contributed by atoms with Crippen molar-refractivity contribution in [3.63, 3.8) is 0 Å². The molecule has 7 nitrogen and oxygen atoms in total. The highest BCUT2D eigenvalue weighted by molar-refractivity contribution is 5.99. The Bertz CT molecular complexity index is 1080. The van der Waals surface area contributed by atoms with Gasteiger partial charge in [0.1, 0.15) is 11.6 Å². The van der Waals surface area contributed by atoms with E-state index in [1.54, 1.807) is 23.2 Å². The lowest BCUT2D eigenvalue weighted by Gasteiger charge is -2.31. The van der Waals surface area contributed by atoms with E-state index < -0.39 is 0 Å². The van der Waals surface area contributed by atoms with Gasteiger partial charge in [-0.2, -0.15) is 0 Å². The molecule has 3 aromatic rings. The van der Waals surface area contributed by atoms with Crippen molar-refractivity contribution in [3.05, 3.63) is 78.5 Å². The Balaban J connectivity index is 1.37. The van der Waals surface area contributed by atoms with E-state index in [0.29, 0.717) is 43.9 Å². The summed E-state index contributed by atoms with van der Waals surface area (Å²) in [5.41, 5.74) is 2.13. The van der Waals surface area contributed by atoms with Crippen LogP contribution in [0.1, 0.15) is 30.1 Å². The maximum absolute atomic E-state index is 13.2. The summed E-state index contributed by atoms with van der Waals surface area (Å²) in [6.45, 7) is 3.61. The summed E-state index contributed by atoms with van der Waals surface area (Å²) in [6.07, 6.45) is 2.92. The molecule has 1 saturated heterocycles. The van der Waals surface area contributed by atoms with Gasteiger partial charge in [0.25, 0.3) is 5.91 Å². The average molecular weight is 445 g/mol. The van der Waals surface area contributed by atoms with Crippen LogP contribution in [-0.4, -0.2) is 41.4 Å². The van der Waals surface area contributed by atoms with Crippen LogP contribution in [0.4, 0.5) is 17.2 Å². The predicted molar refractivity (Wildman–Crippen MR) is 129 cm³/mol. The van der Waals surface area contributed by atoms with E-state index in [1.807, 2.05) is 61.5 Å². The number of nitrogens with one attached hydrogen (secondary N) is 2. The first-order chi connectivity index (χ1) is 16.1. The highest BCUT2D eigenvalue weighted by atomic mass is 16.5. The Labute approximate surface area is 193 Å². The fourth-order valence-corrected chi connectivity index (χ4v) is 3.90. The standard InChI is InChI=1S/C26H28N4O3/c1-2-33-22-12-10-21(11-13-22)28-24-23(9-6-16-27-24)26(32)30-17-14-19(15-18-30)25(31)29-20-7-4-3-5-8-20/h3-13,16,19H,2,14-15,17-18H2,1H3,(H,27,28)(H,29,31). The summed E-state index contributed by atoms with van der Waals surface area (Å²) in [7, 11) is 0. The monoisotopic (exact) mass is 444 g/mol. The molecular formula is C26H28N4O3. The molecule has 33 heavy (non-hydrogen) atoms. The molecule has 0 atom stereocenters. The molecule has 0 aliphatic carbocycles. The molecule has 2 heterocycles. The van der Waals surface area contributed by atoms with Gasteiger partial charge < -0.3 is 20.3 Å². The summed E-state index contributed by atoms with van der Waals surface area (Å²) in [4.78, 5) is 32.0. The molecule has 0 spiro atoms. The lowest BCUT2D eigenvalue weighted by atomic mass is 9.95. The summed E-state index contributed by atoms with van der Waals surface area (Å²) in [5, 5.41) is 6.20. The van der Waals surface area contributed by atoms with Gasteiger partial charge in [0, 0.05) is 36.6 Å². The van der Waals surface area contributed by atoms with Crippen LogP contribution in [0.2, 0.25) is 0 Å². The number of likely N-dealkylation sites (tertiary alicyclic amines) is 1. The van der Waals surface area contributed by atoms with E-state index in [0.717, 1.165) is 17.1 Å². The summed E-state index contributed by atoms with van der Waals surface area (Å²) < 4.78 is 5.48. The number of amides is 2. The smallest absolute Gasteiger partial charge is 0.257 e. The van der Waals surface area contributed by atoms with Crippen LogP contribution in [0.3, 0.4) is 0 Å². The topological polar surface area (TPSA) is 83.6 Å². The minimum absolute atomic E-state index is 0.00697. The fraction of sp³-hybridized carbons (Fsp3) is 0.269. The number of rotatable bonds is 7. The van der Waals surface area contributed by atoms with Gasteiger partial charge in [-0.25, -0.2) is 4.98 Å². The van der Waals surface area contributed by atoms with Crippen molar-refractivity contribution in [1.82, 2.24) is 9.88 Å². The lowest BCUT2D eigenvalue weighted by molar-refractivity contribution is -0.121. The maximum atomic E-state index is 13.2. The Kier molecular flexibility index (Phi) is 7.19. The van der Waals surface area contributed by atoms with Crippen molar-refractivity contribution in [2.45, 2.75) is 19.8 Å². The van der Waals surface area contributed by atoms with Crippen LogP contribution in [0, 0.1) is 5.92 Å². The number of aromatic nitrogens is 1. The first-order valence-electron chi connectivity index (χ1n) is 11.2. The summed E-state index contributed by atoms with van der Waals surface area (Å²) in [6, 6.07) is 20.5. The molecule has 170 valence electrons. The van der Waals surface area contributed by atoms with Crippen molar-refractivity contribution in [2.75, 3.05) is 30.3 Å². The van der Waals surface area contributed by atoms with Crippen LogP contribution in [0.5, 0.6) is 5.75 Å². The van der Waals surface area contributed by atoms with Crippen molar-refractivity contribution >= 4 is 29.0 Å². The second-order valence-electron chi connectivity index (χ2n) is 7.90. The summed E-state index contributed by atoms with van der Waals surface area (Å²) in [5.74, 6) is 1.12. The molecule has 2 N–H and O–H groups in total. The van der Waals surface area contributed by atoms with Gasteiger partial charge in [0.05, 0.1) is 12.2 Å². The second-order valence-corrected chi connectivity index (χ2v) is 7.90. The van der Waals surface area contributed by atoms with Gasteiger partial charge in [0.2, 0.25) is 5.91 Å². The first kappa shape index (κ1) is 22.3. The molecule has 7 heteroatoms. The van der Waals surface area contributed by atoms with Crippen molar-refractivity contribution in [1.29, 1.82) is 0 Å². The number of pyridine rings is 1. The SMILES string of the molecule is CCOc1ccc(Nc2ncccc2C(=O)N2CCC(C(=O)Nc3ccccc3)CC2)cc1. The number of piperidine rings is 1. The van der Waals surface area contributed by atoms with E-state index >= 15 is 0 Å². The quantitative estimate of drug-likeness (QED) is 0.551. The molecule has 1 aliphatic heterocycles. The number of hydrogen-bond acceptors (Lipinski definition) is 5. The lowest BCUT2D eigenvalue weighted by Crippen LogP contribution is -2.41. The average Bonchev–Trinajstić information content (AvgIpc) is 2.86. The minimum Gasteiger partial charge on any atom is -0.494 e. The van der Waals surface area contributed by atoms with E-state index in [1.165, 1.54) is 0 Å². The normalized spacial score (nSPS) is 13.9. The number of anilines is 3. The van der Waals surface area contributed by atoms with Crippen molar-refractivity contribution in [2.24, 2.45) is 5.92 Å². The van der Waals surface area contributed by atoms with E-state index in [9.17, 15) is 9.59 Å². The van der Waals surface area contributed by atoms with Crippen LogP contribution in [-0.2, 0) is 4.79 Å². The number of nitrogens with zero attached hydrogens (tertiary/aromatic N) is 2. The highest BCUT2D eigenvalue weighted by Crippen LogP contribution is 2.25. The first-order valence-corrected chi connectivity index (χ1v) is 11.2. The third kappa shape index (κ3) is 5.68. The van der Waals surface area contributed by atoms with Gasteiger partial charge in [-0.15, -0.1) is 0 Å². The molecule has 1 fully saturated rings. The Morgan fingerprint density at radius 2 is 1.70 bits per heavy atom. The zero-order chi connectivity index (χ0) is 23.0. The highest BCUT2D eigenvalue weighted by Gasteiger charge is 2.29. The predicted octanol–water partition coefficient (Wildman–Crippen LogP) is 4.71.